The maximum atomic E-state index is 12.8. The van der Waals surface area contributed by atoms with Crippen molar-refractivity contribution < 1.29 is 39.3 Å². The number of hydrogen-bond donors (Lipinski definition) is 8. The maximum absolute atomic E-state index is 12.8. The molecule has 1 aliphatic heterocycles. The first kappa shape index (κ1) is 44.1. The van der Waals surface area contributed by atoms with Crippen molar-refractivity contribution in [3.63, 3.8) is 0 Å². The van der Waals surface area contributed by atoms with Crippen LogP contribution in [0.15, 0.2) is 0 Å². The normalized spacial score (nSPS) is 16.0. The van der Waals surface area contributed by atoms with E-state index in [9.17, 15) is 39.3 Å². The monoisotopic (exact) mass is 701 g/mol. The highest BCUT2D eigenvalue weighted by atomic mass is 16.4. The van der Waals surface area contributed by atoms with E-state index in [-0.39, 0.29) is 38.0 Å². The Morgan fingerprint density at radius 3 is 1.27 bits per heavy atom. The van der Waals surface area contributed by atoms with E-state index in [0.29, 0.717) is 71.9 Å². The average Bonchev–Trinajstić information content (AvgIpc) is 3.03. The third kappa shape index (κ3) is 26.6. The van der Waals surface area contributed by atoms with Gasteiger partial charge in [-0.3, -0.25) is 43.6 Å². The third-order valence-corrected chi connectivity index (χ3v) is 8.14. The first-order valence-electron chi connectivity index (χ1n) is 17.8. The molecule has 49 heavy (non-hydrogen) atoms. The van der Waals surface area contributed by atoms with Crippen molar-refractivity contribution >= 4 is 29.7 Å². The van der Waals surface area contributed by atoms with E-state index in [1.165, 1.54) is 0 Å². The molecule has 1 aliphatic rings. The summed E-state index contributed by atoms with van der Waals surface area (Å²) in [6.07, 6.45) is 6.80. The summed E-state index contributed by atoms with van der Waals surface area (Å²) in [5.74, 6) is -3.15. The predicted octanol–water partition coefficient (Wildman–Crippen LogP) is -2.05. The van der Waals surface area contributed by atoms with E-state index in [4.69, 9.17) is 5.73 Å². The standard InChI is InChI=1S/C32H63N9O8/c33-9-3-5-10-34-11-6-12-35-13-7-15-36-28(42)8-2-1-4-14-37-29(43)24-38-16-18-39(25-30(44)45)20-22-41(27-32(48)49)23-21-40(19-17-38)26-31(46)47/h34-35H,1-27,33H2,(H,36,42)(H,37,43)(H,44,45)(H,46,47)(H,48,49). The summed E-state index contributed by atoms with van der Waals surface area (Å²) in [6.45, 7) is 7.83. The molecule has 0 aromatic carbocycles. The second kappa shape index (κ2) is 28.9. The van der Waals surface area contributed by atoms with Gasteiger partial charge in [-0.25, -0.2) is 0 Å². The Morgan fingerprint density at radius 1 is 0.449 bits per heavy atom. The van der Waals surface area contributed by atoms with Crippen LogP contribution in [0.25, 0.3) is 0 Å². The zero-order valence-corrected chi connectivity index (χ0v) is 29.3. The summed E-state index contributed by atoms with van der Waals surface area (Å²) in [5.41, 5.74) is 5.48. The van der Waals surface area contributed by atoms with Crippen molar-refractivity contribution in [2.24, 2.45) is 5.73 Å². The number of amides is 2. The van der Waals surface area contributed by atoms with Crippen LogP contribution in [0.5, 0.6) is 0 Å². The summed E-state index contributed by atoms with van der Waals surface area (Å²) in [5, 5.41) is 40.7. The highest BCUT2D eigenvalue weighted by Crippen LogP contribution is 2.02. The fourth-order valence-electron chi connectivity index (χ4n) is 5.37. The lowest BCUT2D eigenvalue weighted by atomic mass is 10.2. The van der Waals surface area contributed by atoms with Crippen molar-refractivity contribution in [1.29, 1.82) is 0 Å². The fraction of sp³-hybridized carbons (Fsp3) is 0.844. The van der Waals surface area contributed by atoms with Crippen LogP contribution in [0.3, 0.4) is 0 Å². The molecule has 9 N–H and O–H groups in total. The van der Waals surface area contributed by atoms with Crippen molar-refractivity contribution in [1.82, 2.24) is 40.9 Å². The van der Waals surface area contributed by atoms with Gasteiger partial charge < -0.3 is 42.3 Å². The van der Waals surface area contributed by atoms with Gasteiger partial charge in [0.05, 0.1) is 26.2 Å². The average molecular weight is 702 g/mol. The van der Waals surface area contributed by atoms with Gasteiger partial charge in [0.25, 0.3) is 0 Å². The first-order valence-corrected chi connectivity index (χ1v) is 17.8. The van der Waals surface area contributed by atoms with Gasteiger partial charge in [-0.1, -0.05) is 6.42 Å². The van der Waals surface area contributed by atoms with Gasteiger partial charge in [0.1, 0.15) is 0 Å². The van der Waals surface area contributed by atoms with Gasteiger partial charge in [0.15, 0.2) is 0 Å². The first-order chi connectivity index (χ1) is 23.6. The molecule has 0 bridgehead atoms. The number of carbonyl (C=O) groups is 5. The molecule has 0 aromatic heterocycles. The van der Waals surface area contributed by atoms with Gasteiger partial charge in [0.2, 0.25) is 11.8 Å². The van der Waals surface area contributed by atoms with Crippen LogP contribution in [0, 0.1) is 0 Å². The van der Waals surface area contributed by atoms with Crippen molar-refractivity contribution in [3.05, 3.63) is 0 Å². The van der Waals surface area contributed by atoms with Crippen LogP contribution < -0.4 is 27.0 Å². The molecule has 1 saturated heterocycles. The Kier molecular flexibility index (Phi) is 26.0. The molecule has 0 aromatic rings. The Morgan fingerprint density at radius 2 is 0.816 bits per heavy atom. The molecule has 1 heterocycles. The van der Waals surface area contributed by atoms with Gasteiger partial charge in [-0.05, 0) is 71.2 Å². The molecular weight excluding hydrogens is 638 g/mol. The predicted molar refractivity (Wildman–Crippen MR) is 186 cm³/mol. The van der Waals surface area contributed by atoms with Crippen molar-refractivity contribution in [2.75, 3.05) is 124 Å². The third-order valence-electron chi connectivity index (χ3n) is 8.14. The molecule has 1 rings (SSSR count). The minimum atomic E-state index is -1.01. The summed E-state index contributed by atoms with van der Waals surface area (Å²) < 4.78 is 0. The highest BCUT2D eigenvalue weighted by Gasteiger charge is 2.21. The largest absolute Gasteiger partial charge is 0.480 e. The van der Waals surface area contributed by atoms with Gasteiger partial charge in [-0.15, -0.1) is 0 Å². The molecule has 1 fully saturated rings. The zero-order chi connectivity index (χ0) is 36.1. The van der Waals surface area contributed by atoms with E-state index < -0.39 is 17.9 Å². The molecule has 0 spiro atoms. The number of unbranched alkanes of at least 4 members (excludes halogenated alkanes) is 3. The van der Waals surface area contributed by atoms with Crippen LogP contribution in [0.2, 0.25) is 0 Å². The number of carbonyl (C=O) groups excluding carboxylic acids is 2. The number of nitrogens with zero attached hydrogens (tertiary/aromatic N) is 4. The lowest BCUT2D eigenvalue weighted by molar-refractivity contribution is -0.140. The molecule has 284 valence electrons. The molecule has 0 radical (unpaired) electrons. The Hall–Kier alpha value is -2.93. The maximum Gasteiger partial charge on any atom is 0.317 e. The molecule has 0 atom stereocenters. The Labute approximate surface area is 291 Å². The van der Waals surface area contributed by atoms with Crippen LogP contribution in [-0.2, 0) is 24.0 Å². The van der Waals surface area contributed by atoms with Gasteiger partial charge in [0, 0.05) is 71.9 Å². The highest BCUT2D eigenvalue weighted by molar-refractivity contribution is 5.78. The topological polar surface area (TPSA) is 233 Å². The van der Waals surface area contributed by atoms with Crippen molar-refractivity contribution in [3.8, 4) is 0 Å². The second-order valence-corrected chi connectivity index (χ2v) is 12.5. The smallest absolute Gasteiger partial charge is 0.317 e. The van der Waals surface area contributed by atoms with Gasteiger partial charge in [-0.2, -0.15) is 0 Å². The lowest BCUT2D eigenvalue weighted by Crippen LogP contribution is -2.49. The molecule has 0 aliphatic carbocycles. The summed E-state index contributed by atoms with van der Waals surface area (Å²) in [7, 11) is 0. The number of carboxylic acids is 3. The zero-order valence-electron chi connectivity index (χ0n) is 29.3. The van der Waals surface area contributed by atoms with Crippen molar-refractivity contribution in [2.45, 2.75) is 51.4 Å². The molecule has 17 heteroatoms. The quantitative estimate of drug-likeness (QED) is 0.0454. The summed E-state index contributed by atoms with van der Waals surface area (Å²) in [4.78, 5) is 66.2. The van der Waals surface area contributed by atoms with E-state index in [1.54, 1.807) is 14.7 Å². The molecule has 0 unspecified atom stereocenters. The van der Waals surface area contributed by atoms with E-state index in [1.807, 2.05) is 4.90 Å². The summed E-state index contributed by atoms with van der Waals surface area (Å²) in [6, 6.07) is 0. The van der Waals surface area contributed by atoms with Crippen LogP contribution in [-0.4, -0.2) is 189 Å². The van der Waals surface area contributed by atoms with Gasteiger partial charge >= 0.3 is 17.9 Å². The molecule has 17 nitrogen and oxygen atoms in total. The SMILES string of the molecule is NCCCCNCCCNCCCNC(=O)CCCCCNC(=O)CN1CCN(CC(=O)O)CCN(CC(=O)O)CCN(CC(=O)O)CC1. The fourth-order valence-corrected chi connectivity index (χ4v) is 5.37. The number of carboxylic acid groups (broad SMARTS) is 3. The number of hydrogen-bond acceptors (Lipinski definition) is 12. The Balaban J connectivity index is 2.34. The number of nitrogens with one attached hydrogen (secondary N) is 4. The lowest BCUT2D eigenvalue weighted by Gasteiger charge is -2.32. The molecule has 0 saturated carbocycles. The minimum Gasteiger partial charge on any atom is -0.480 e. The van der Waals surface area contributed by atoms with Crippen LogP contribution in [0.1, 0.15) is 51.4 Å². The minimum absolute atomic E-state index is 0.0319. The number of rotatable bonds is 26. The van der Waals surface area contributed by atoms with Crippen LogP contribution >= 0.6 is 0 Å². The second-order valence-electron chi connectivity index (χ2n) is 12.5. The number of nitrogens with two attached hydrogens (primary N) is 1. The molecular formula is C32H63N9O8. The van der Waals surface area contributed by atoms with E-state index in [2.05, 4.69) is 21.3 Å². The number of aliphatic carboxylic acids is 3. The molecule has 2 amide bonds. The van der Waals surface area contributed by atoms with E-state index >= 15 is 0 Å². The van der Waals surface area contributed by atoms with Crippen LogP contribution in [0.4, 0.5) is 0 Å². The summed E-state index contributed by atoms with van der Waals surface area (Å²) >= 11 is 0. The Bertz CT molecular complexity index is 914. The van der Waals surface area contributed by atoms with E-state index in [0.717, 1.165) is 77.7 Å².